The van der Waals surface area contributed by atoms with Gasteiger partial charge in [0.05, 0.1) is 25.1 Å². The second-order valence-corrected chi connectivity index (χ2v) is 7.28. The van der Waals surface area contributed by atoms with E-state index in [1.165, 1.54) is 7.11 Å². The van der Waals surface area contributed by atoms with Gasteiger partial charge in [-0.1, -0.05) is 6.92 Å². The summed E-state index contributed by atoms with van der Waals surface area (Å²) in [6.45, 7) is 2.00. The normalized spacial score (nSPS) is 51.9. The van der Waals surface area contributed by atoms with Crippen molar-refractivity contribution >= 4 is 15.8 Å². The number of methoxy groups -OCH3 is 1. The van der Waals surface area contributed by atoms with Crippen LogP contribution in [0.3, 0.4) is 0 Å². The summed E-state index contributed by atoms with van der Waals surface area (Å²) in [5, 5.41) is 0. The molecule has 5 nitrogen and oxygen atoms in total. The first-order chi connectivity index (χ1) is 7.44. The molecular weight excluding hydrogens is 232 g/mol. The van der Waals surface area contributed by atoms with E-state index in [0.717, 1.165) is 0 Å². The molecule has 3 rings (SSSR count). The first-order valence-electron chi connectivity index (χ1n) is 5.40. The fraction of sp³-hybridized carbons (Fsp3) is 0.900. The van der Waals surface area contributed by atoms with Gasteiger partial charge in [-0.05, 0) is 5.92 Å². The van der Waals surface area contributed by atoms with Gasteiger partial charge in [-0.25, -0.2) is 8.42 Å². The summed E-state index contributed by atoms with van der Waals surface area (Å²) < 4.78 is 33.3. The van der Waals surface area contributed by atoms with Gasteiger partial charge in [-0.3, -0.25) is 4.79 Å². The topological polar surface area (TPSA) is 69.7 Å². The van der Waals surface area contributed by atoms with Gasteiger partial charge in [0, 0.05) is 12.3 Å². The zero-order valence-electron chi connectivity index (χ0n) is 9.17. The Kier molecular flexibility index (Phi) is 1.84. The molecule has 0 aromatic rings. The largest absolute Gasteiger partial charge is 0.468 e. The lowest BCUT2D eigenvalue weighted by atomic mass is 9.76. The first kappa shape index (κ1) is 10.5. The van der Waals surface area contributed by atoms with Crippen molar-refractivity contribution in [3.05, 3.63) is 0 Å². The van der Waals surface area contributed by atoms with Crippen LogP contribution in [0.2, 0.25) is 0 Å². The molecule has 3 aliphatic rings. The van der Waals surface area contributed by atoms with Crippen LogP contribution in [0.5, 0.6) is 0 Å². The highest BCUT2D eigenvalue weighted by atomic mass is 32.2. The molecule has 2 bridgehead atoms. The Morgan fingerprint density at radius 2 is 2.19 bits per heavy atom. The molecule has 3 fully saturated rings. The molecule has 5 atom stereocenters. The third-order valence-electron chi connectivity index (χ3n) is 4.43. The van der Waals surface area contributed by atoms with Gasteiger partial charge >= 0.3 is 5.97 Å². The number of hydrogen-bond acceptors (Lipinski definition) is 5. The number of sulfone groups is 1. The molecule has 0 aliphatic carbocycles. The van der Waals surface area contributed by atoms with E-state index in [1.807, 2.05) is 6.92 Å². The smallest absolute Gasteiger partial charge is 0.330 e. The quantitative estimate of drug-likeness (QED) is 0.597. The Morgan fingerprint density at radius 1 is 1.50 bits per heavy atom. The van der Waals surface area contributed by atoms with E-state index in [9.17, 15) is 13.2 Å². The van der Waals surface area contributed by atoms with Crippen LogP contribution in [-0.4, -0.2) is 44.2 Å². The molecule has 3 saturated heterocycles. The number of esters is 1. The van der Waals surface area contributed by atoms with Crippen LogP contribution < -0.4 is 0 Å². The van der Waals surface area contributed by atoms with Crippen molar-refractivity contribution in [3.8, 4) is 0 Å². The molecule has 0 saturated carbocycles. The van der Waals surface area contributed by atoms with Crippen LogP contribution >= 0.6 is 0 Å². The average molecular weight is 246 g/mol. The summed E-state index contributed by atoms with van der Waals surface area (Å²) in [7, 11) is -2.21. The molecule has 6 heteroatoms. The number of hydrogen-bond donors (Lipinski definition) is 0. The minimum absolute atomic E-state index is 0.0390. The van der Waals surface area contributed by atoms with Crippen LogP contribution in [-0.2, 0) is 24.1 Å². The molecule has 0 amide bonds. The van der Waals surface area contributed by atoms with Gasteiger partial charge in [0.25, 0.3) is 0 Å². The Labute approximate surface area is 94.0 Å². The predicted octanol–water partition coefficient (Wildman–Crippen LogP) is -0.250. The number of carbonyl (C=O) groups excluding carboxylic acids is 1. The van der Waals surface area contributed by atoms with Crippen molar-refractivity contribution in [2.24, 2.45) is 11.8 Å². The summed E-state index contributed by atoms with van der Waals surface area (Å²) in [5.74, 6) is -0.401. The molecular formula is C10H14O5S. The molecule has 0 spiro atoms. The van der Waals surface area contributed by atoms with E-state index < -0.39 is 26.7 Å². The van der Waals surface area contributed by atoms with Crippen molar-refractivity contribution < 1.29 is 22.7 Å². The maximum absolute atomic E-state index is 12.2. The van der Waals surface area contributed by atoms with Crippen LogP contribution in [0.25, 0.3) is 0 Å². The minimum Gasteiger partial charge on any atom is -0.468 e. The van der Waals surface area contributed by atoms with Gasteiger partial charge < -0.3 is 9.47 Å². The van der Waals surface area contributed by atoms with Crippen molar-refractivity contribution in [2.45, 2.75) is 30.3 Å². The summed E-state index contributed by atoms with van der Waals surface area (Å²) in [6.07, 6.45) is -0.319. The standard InChI is InChI=1S/C10H14O5S/c1-5-6-4-16(12,13)10(9(11)14-2)3-7(5)15-8(6)10/h5-8H,3-4H2,1-2H3. The molecule has 3 heterocycles. The highest BCUT2D eigenvalue weighted by Gasteiger charge is 2.75. The molecule has 0 aromatic carbocycles. The lowest BCUT2D eigenvalue weighted by Crippen LogP contribution is -2.51. The third kappa shape index (κ3) is 0.876. The van der Waals surface area contributed by atoms with Crippen LogP contribution in [0.4, 0.5) is 0 Å². The number of rotatable bonds is 1. The molecule has 3 aliphatic heterocycles. The van der Waals surface area contributed by atoms with E-state index in [0.29, 0.717) is 0 Å². The second kappa shape index (κ2) is 2.79. The van der Waals surface area contributed by atoms with Gasteiger partial charge in [-0.15, -0.1) is 0 Å². The second-order valence-electron chi connectivity index (χ2n) is 4.98. The minimum atomic E-state index is -3.44. The molecule has 0 N–H and O–H groups in total. The van der Waals surface area contributed by atoms with Crippen LogP contribution in [0, 0.1) is 11.8 Å². The Balaban J connectivity index is 2.16. The Morgan fingerprint density at radius 3 is 2.75 bits per heavy atom. The maximum atomic E-state index is 12.2. The van der Waals surface area contributed by atoms with Crippen LogP contribution in [0.15, 0.2) is 0 Å². The van der Waals surface area contributed by atoms with Crippen molar-refractivity contribution in [2.75, 3.05) is 12.9 Å². The third-order valence-corrected chi connectivity index (χ3v) is 6.93. The maximum Gasteiger partial charge on any atom is 0.330 e. The number of fused-ring (bicyclic) bond motifs is 1. The van der Waals surface area contributed by atoms with Gasteiger partial charge in [0.2, 0.25) is 0 Å². The molecule has 0 aromatic heterocycles. The summed E-state index contributed by atoms with van der Waals surface area (Å²) >= 11 is 0. The summed E-state index contributed by atoms with van der Waals surface area (Å²) in [4.78, 5) is 11.8. The SMILES string of the molecule is COC(=O)C12CC3OC1C(CS2(=O)=O)C3C. The first-order valence-corrected chi connectivity index (χ1v) is 7.05. The van der Waals surface area contributed by atoms with Gasteiger partial charge in [0.1, 0.15) is 0 Å². The Hall–Kier alpha value is -0.620. The zero-order chi connectivity index (χ0) is 11.7. The molecule has 5 unspecified atom stereocenters. The van der Waals surface area contributed by atoms with Crippen molar-refractivity contribution in [1.29, 1.82) is 0 Å². The lowest BCUT2D eigenvalue weighted by molar-refractivity contribution is -0.145. The van der Waals surface area contributed by atoms with E-state index >= 15 is 0 Å². The highest BCUT2D eigenvalue weighted by molar-refractivity contribution is 7.94. The fourth-order valence-corrected chi connectivity index (χ4v) is 6.14. The summed E-state index contributed by atoms with van der Waals surface area (Å²) in [6, 6.07) is 0. The molecule has 90 valence electrons. The predicted molar refractivity (Wildman–Crippen MR) is 54.5 cm³/mol. The fourth-order valence-electron chi connectivity index (χ4n) is 3.51. The van der Waals surface area contributed by atoms with Gasteiger partial charge in [-0.2, -0.15) is 0 Å². The average Bonchev–Trinajstić information content (AvgIpc) is 2.79. The molecule has 0 radical (unpaired) electrons. The number of carbonyl (C=O) groups is 1. The van der Waals surface area contributed by atoms with E-state index in [2.05, 4.69) is 4.74 Å². The van der Waals surface area contributed by atoms with Crippen molar-refractivity contribution in [1.82, 2.24) is 0 Å². The van der Waals surface area contributed by atoms with Gasteiger partial charge in [0.15, 0.2) is 14.6 Å². The highest BCUT2D eigenvalue weighted by Crippen LogP contribution is 2.58. The lowest BCUT2D eigenvalue weighted by Gasteiger charge is -2.28. The van der Waals surface area contributed by atoms with E-state index in [1.54, 1.807) is 0 Å². The monoisotopic (exact) mass is 246 g/mol. The number of ether oxygens (including phenoxy) is 2. The summed E-state index contributed by atoms with van der Waals surface area (Å²) in [5.41, 5.74) is 0. The van der Waals surface area contributed by atoms with Crippen LogP contribution in [0.1, 0.15) is 13.3 Å². The van der Waals surface area contributed by atoms with Crippen molar-refractivity contribution in [3.63, 3.8) is 0 Å². The zero-order valence-corrected chi connectivity index (χ0v) is 9.99. The van der Waals surface area contributed by atoms with E-state index in [4.69, 9.17) is 4.74 Å². The van der Waals surface area contributed by atoms with E-state index in [-0.39, 0.29) is 30.1 Å². The Bertz CT molecular complexity index is 456. The molecule has 16 heavy (non-hydrogen) atoms.